The van der Waals surface area contributed by atoms with Crippen molar-refractivity contribution in [3.63, 3.8) is 0 Å². The molecule has 0 bridgehead atoms. The van der Waals surface area contributed by atoms with Crippen LogP contribution in [0.4, 0.5) is 5.82 Å². The summed E-state index contributed by atoms with van der Waals surface area (Å²) in [5.41, 5.74) is 2.92. The summed E-state index contributed by atoms with van der Waals surface area (Å²) >= 11 is 0. The van der Waals surface area contributed by atoms with Crippen molar-refractivity contribution < 1.29 is 5.11 Å². The Balaban J connectivity index is 2.09. The van der Waals surface area contributed by atoms with E-state index in [2.05, 4.69) is 22.1 Å². The number of para-hydroxylation sites is 1. The first-order valence-electron chi connectivity index (χ1n) is 7.31. The number of hydrogen-bond acceptors (Lipinski definition) is 3. The van der Waals surface area contributed by atoms with Gasteiger partial charge in [0, 0.05) is 18.7 Å². The second-order valence-corrected chi connectivity index (χ2v) is 5.34. The molecule has 1 aromatic heterocycles. The normalized spacial score (nSPS) is 15.6. The molecule has 4 nitrogen and oxygen atoms in total. The lowest BCUT2D eigenvalue weighted by Gasteiger charge is -2.30. The zero-order chi connectivity index (χ0) is 13.9. The summed E-state index contributed by atoms with van der Waals surface area (Å²) in [5.74, 6) is 1.07. The first-order chi connectivity index (χ1) is 9.81. The highest BCUT2D eigenvalue weighted by atomic mass is 16.3. The van der Waals surface area contributed by atoms with E-state index >= 15 is 0 Å². The zero-order valence-corrected chi connectivity index (χ0v) is 11.9. The summed E-state index contributed by atoms with van der Waals surface area (Å²) in [7, 11) is 0. The van der Waals surface area contributed by atoms with Gasteiger partial charge >= 0.3 is 0 Å². The molecule has 1 saturated heterocycles. The average molecular weight is 271 g/mol. The molecule has 20 heavy (non-hydrogen) atoms. The SMILES string of the molecule is Cc1nn(-c2ccccc2)c(N2CCCCC2)c1CO. The van der Waals surface area contributed by atoms with Gasteiger partial charge in [-0.3, -0.25) is 0 Å². The molecule has 0 saturated carbocycles. The fourth-order valence-electron chi connectivity index (χ4n) is 2.91. The number of aryl methyl sites for hydroxylation is 1. The molecule has 0 radical (unpaired) electrons. The van der Waals surface area contributed by atoms with Gasteiger partial charge < -0.3 is 10.0 Å². The monoisotopic (exact) mass is 271 g/mol. The summed E-state index contributed by atoms with van der Waals surface area (Å²) in [4.78, 5) is 2.36. The average Bonchev–Trinajstić information content (AvgIpc) is 2.85. The molecule has 2 heterocycles. The molecule has 3 rings (SSSR count). The number of anilines is 1. The van der Waals surface area contributed by atoms with E-state index in [0.29, 0.717) is 0 Å². The fraction of sp³-hybridized carbons (Fsp3) is 0.438. The molecule has 2 aromatic rings. The Hall–Kier alpha value is -1.81. The minimum absolute atomic E-state index is 0.0461. The van der Waals surface area contributed by atoms with Crippen LogP contribution in [0.15, 0.2) is 30.3 Å². The van der Waals surface area contributed by atoms with Crippen molar-refractivity contribution in [2.24, 2.45) is 0 Å². The molecule has 0 spiro atoms. The summed E-state index contributed by atoms with van der Waals surface area (Å²) in [6, 6.07) is 10.2. The van der Waals surface area contributed by atoms with E-state index in [-0.39, 0.29) is 6.61 Å². The number of aromatic nitrogens is 2. The van der Waals surface area contributed by atoms with Crippen molar-refractivity contribution in [3.05, 3.63) is 41.6 Å². The third-order valence-electron chi connectivity index (χ3n) is 3.97. The Bertz CT molecular complexity index is 571. The quantitative estimate of drug-likeness (QED) is 0.933. The number of aliphatic hydroxyl groups excluding tert-OH is 1. The van der Waals surface area contributed by atoms with Crippen LogP contribution in [0.3, 0.4) is 0 Å². The van der Waals surface area contributed by atoms with E-state index in [4.69, 9.17) is 0 Å². The molecule has 1 aromatic carbocycles. The highest BCUT2D eigenvalue weighted by molar-refractivity contribution is 5.55. The minimum Gasteiger partial charge on any atom is -0.391 e. The second kappa shape index (κ2) is 5.67. The fourth-order valence-corrected chi connectivity index (χ4v) is 2.91. The molecular formula is C16H21N3O. The van der Waals surface area contributed by atoms with Gasteiger partial charge in [0.1, 0.15) is 5.82 Å². The number of rotatable bonds is 3. The minimum atomic E-state index is 0.0461. The van der Waals surface area contributed by atoms with Gasteiger partial charge in [-0.05, 0) is 38.3 Å². The molecule has 1 fully saturated rings. The third-order valence-corrected chi connectivity index (χ3v) is 3.97. The number of piperidine rings is 1. The van der Waals surface area contributed by atoms with E-state index in [0.717, 1.165) is 35.9 Å². The smallest absolute Gasteiger partial charge is 0.138 e. The number of nitrogens with zero attached hydrogens (tertiary/aromatic N) is 3. The topological polar surface area (TPSA) is 41.3 Å². The first-order valence-corrected chi connectivity index (χ1v) is 7.31. The van der Waals surface area contributed by atoms with Gasteiger partial charge in [-0.25, -0.2) is 4.68 Å². The lowest BCUT2D eigenvalue weighted by Crippen LogP contribution is -2.32. The molecule has 4 heteroatoms. The summed E-state index contributed by atoms with van der Waals surface area (Å²) < 4.78 is 1.98. The van der Waals surface area contributed by atoms with Gasteiger partial charge in [0.2, 0.25) is 0 Å². The van der Waals surface area contributed by atoms with E-state index in [1.807, 2.05) is 29.8 Å². The summed E-state index contributed by atoms with van der Waals surface area (Å²) in [5, 5.41) is 14.4. The van der Waals surface area contributed by atoms with Gasteiger partial charge in [-0.15, -0.1) is 0 Å². The first kappa shape index (κ1) is 13.2. The standard InChI is InChI=1S/C16H21N3O/c1-13-15(12-20)16(18-10-6-3-7-11-18)19(17-13)14-8-4-2-5-9-14/h2,4-5,8-9,20H,3,6-7,10-12H2,1H3. The van der Waals surface area contributed by atoms with Crippen molar-refractivity contribution in [1.82, 2.24) is 9.78 Å². The Morgan fingerprint density at radius 3 is 2.45 bits per heavy atom. The molecule has 1 N–H and O–H groups in total. The van der Waals surface area contributed by atoms with Gasteiger partial charge in [-0.1, -0.05) is 18.2 Å². The maximum absolute atomic E-state index is 9.71. The van der Waals surface area contributed by atoms with Gasteiger partial charge in [0.15, 0.2) is 0 Å². The zero-order valence-electron chi connectivity index (χ0n) is 11.9. The van der Waals surface area contributed by atoms with Crippen LogP contribution in [0.2, 0.25) is 0 Å². The van der Waals surface area contributed by atoms with Gasteiger partial charge in [0.25, 0.3) is 0 Å². The van der Waals surface area contributed by atoms with E-state index in [1.54, 1.807) is 0 Å². The maximum atomic E-state index is 9.71. The number of aliphatic hydroxyl groups is 1. The van der Waals surface area contributed by atoms with Crippen molar-refractivity contribution in [1.29, 1.82) is 0 Å². The van der Waals surface area contributed by atoms with Crippen LogP contribution < -0.4 is 4.90 Å². The Morgan fingerprint density at radius 1 is 1.10 bits per heavy atom. The van der Waals surface area contributed by atoms with Crippen molar-refractivity contribution in [3.8, 4) is 5.69 Å². The molecule has 0 unspecified atom stereocenters. The largest absolute Gasteiger partial charge is 0.391 e. The van der Waals surface area contributed by atoms with Crippen LogP contribution in [0.1, 0.15) is 30.5 Å². The van der Waals surface area contributed by atoms with Crippen LogP contribution in [-0.4, -0.2) is 28.0 Å². The van der Waals surface area contributed by atoms with Crippen LogP contribution in [0.25, 0.3) is 5.69 Å². The summed E-state index contributed by atoms with van der Waals surface area (Å²) in [6.45, 7) is 4.11. The number of benzene rings is 1. The lowest BCUT2D eigenvalue weighted by molar-refractivity contribution is 0.281. The van der Waals surface area contributed by atoms with Crippen LogP contribution in [-0.2, 0) is 6.61 Å². The van der Waals surface area contributed by atoms with Gasteiger partial charge in [0.05, 0.1) is 18.0 Å². The van der Waals surface area contributed by atoms with Crippen LogP contribution in [0.5, 0.6) is 0 Å². The maximum Gasteiger partial charge on any atom is 0.138 e. The van der Waals surface area contributed by atoms with E-state index in [1.165, 1.54) is 19.3 Å². The summed E-state index contributed by atoms with van der Waals surface area (Å²) in [6.07, 6.45) is 3.72. The molecule has 1 aliphatic heterocycles. The Morgan fingerprint density at radius 2 is 1.80 bits per heavy atom. The molecule has 0 amide bonds. The molecule has 0 aliphatic carbocycles. The second-order valence-electron chi connectivity index (χ2n) is 5.34. The van der Waals surface area contributed by atoms with Crippen molar-refractivity contribution in [2.45, 2.75) is 32.8 Å². The molecule has 1 aliphatic rings. The third kappa shape index (κ3) is 2.31. The Labute approximate surface area is 119 Å². The highest BCUT2D eigenvalue weighted by Crippen LogP contribution is 2.29. The Kier molecular flexibility index (Phi) is 3.74. The van der Waals surface area contributed by atoms with Gasteiger partial charge in [-0.2, -0.15) is 5.10 Å². The predicted octanol–water partition coefficient (Wildman–Crippen LogP) is 2.66. The highest BCUT2D eigenvalue weighted by Gasteiger charge is 2.22. The van der Waals surface area contributed by atoms with E-state index in [9.17, 15) is 5.11 Å². The van der Waals surface area contributed by atoms with Crippen molar-refractivity contribution >= 4 is 5.82 Å². The molecule has 106 valence electrons. The molecular weight excluding hydrogens is 250 g/mol. The van der Waals surface area contributed by atoms with E-state index < -0.39 is 0 Å². The predicted molar refractivity (Wildman–Crippen MR) is 80.3 cm³/mol. The van der Waals surface area contributed by atoms with Crippen molar-refractivity contribution in [2.75, 3.05) is 18.0 Å². The molecule has 0 atom stereocenters. The lowest BCUT2D eigenvalue weighted by atomic mass is 10.1. The number of hydrogen-bond donors (Lipinski definition) is 1. The van der Waals surface area contributed by atoms with Crippen LogP contribution >= 0.6 is 0 Å². The van der Waals surface area contributed by atoms with Crippen LogP contribution in [0, 0.1) is 6.92 Å².